The second-order valence-corrected chi connectivity index (χ2v) is 5.68. The normalized spacial score (nSPS) is 13.6. The Morgan fingerprint density at radius 1 is 1.38 bits per heavy atom. The van der Waals surface area contributed by atoms with Crippen LogP contribution in [0.4, 0.5) is 10.5 Å². The SMILES string of the molecule is O=C(O)c1ncccc1NC(=O)N1CCc2sccc2C1. The van der Waals surface area contributed by atoms with Crippen molar-refractivity contribution in [1.29, 1.82) is 0 Å². The smallest absolute Gasteiger partial charge is 0.356 e. The highest BCUT2D eigenvalue weighted by atomic mass is 32.1. The Morgan fingerprint density at radius 3 is 3.05 bits per heavy atom. The Hall–Kier alpha value is -2.41. The Morgan fingerprint density at radius 2 is 2.24 bits per heavy atom. The molecule has 0 saturated carbocycles. The van der Waals surface area contributed by atoms with Crippen molar-refractivity contribution in [3.63, 3.8) is 0 Å². The van der Waals surface area contributed by atoms with Gasteiger partial charge in [0.15, 0.2) is 5.69 Å². The number of carboxylic acids is 1. The fraction of sp³-hybridized carbons (Fsp3) is 0.214. The molecule has 0 radical (unpaired) electrons. The predicted octanol–water partition coefficient (Wildman–Crippen LogP) is 2.43. The number of nitrogens with zero attached hydrogens (tertiary/aromatic N) is 2. The van der Waals surface area contributed by atoms with Crippen molar-refractivity contribution in [2.24, 2.45) is 0 Å². The molecule has 2 aromatic rings. The van der Waals surface area contributed by atoms with Crippen molar-refractivity contribution in [3.8, 4) is 0 Å². The number of fused-ring (bicyclic) bond motifs is 1. The Kier molecular flexibility index (Phi) is 3.57. The number of carbonyl (C=O) groups excluding carboxylic acids is 1. The van der Waals surface area contributed by atoms with Crippen molar-refractivity contribution < 1.29 is 14.7 Å². The van der Waals surface area contributed by atoms with Crippen molar-refractivity contribution in [1.82, 2.24) is 9.88 Å². The molecular formula is C14H13N3O3S. The van der Waals surface area contributed by atoms with Gasteiger partial charge in [-0.1, -0.05) is 0 Å². The van der Waals surface area contributed by atoms with Crippen LogP contribution in [0.1, 0.15) is 20.9 Å². The van der Waals surface area contributed by atoms with Crippen LogP contribution in [-0.4, -0.2) is 33.5 Å². The number of hydrogen-bond acceptors (Lipinski definition) is 4. The van der Waals surface area contributed by atoms with Gasteiger partial charge < -0.3 is 15.3 Å². The molecule has 0 fully saturated rings. The second kappa shape index (κ2) is 5.53. The highest BCUT2D eigenvalue weighted by molar-refractivity contribution is 7.10. The molecule has 0 bridgehead atoms. The Bertz CT molecular complexity index is 698. The van der Waals surface area contributed by atoms with Crippen LogP contribution >= 0.6 is 11.3 Å². The monoisotopic (exact) mass is 303 g/mol. The minimum absolute atomic E-state index is 0.154. The summed E-state index contributed by atoms with van der Waals surface area (Å²) >= 11 is 1.70. The predicted molar refractivity (Wildman–Crippen MR) is 78.6 cm³/mol. The van der Waals surface area contributed by atoms with E-state index in [1.54, 1.807) is 22.3 Å². The first-order chi connectivity index (χ1) is 10.1. The molecule has 2 amide bonds. The molecule has 2 N–H and O–H groups in total. The zero-order chi connectivity index (χ0) is 14.8. The van der Waals surface area contributed by atoms with Gasteiger partial charge in [0.2, 0.25) is 0 Å². The van der Waals surface area contributed by atoms with Gasteiger partial charge >= 0.3 is 12.0 Å². The Balaban J connectivity index is 1.75. The maximum absolute atomic E-state index is 12.3. The average molecular weight is 303 g/mol. The third-order valence-electron chi connectivity index (χ3n) is 3.35. The topological polar surface area (TPSA) is 82.5 Å². The van der Waals surface area contributed by atoms with E-state index in [9.17, 15) is 9.59 Å². The van der Waals surface area contributed by atoms with Crippen molar-refractivity contribution in [2.75, 3.05) is 11.9 Å². The molecular weight excluding hydrogens is 290 g/mol. The van der Waals surface area contributed by atoms with Crippen LogP contribution in [-0.2, 0) is 13.0 Å². The largest absolute Gasteiger partial charge is 0.476 e. The van der Waals surface area contributed by atoms with Gasteiger partial charge in [-0.2, -0.15) is 0 Å². The lowest BCUT2D eigenvalue weighted by atomic mass is 10.1. The van der Waals surface area contributed by atoms with E-state index >= 15 is 0 Å². The maximum atomic E-state index is 12.3. The number of nitrogens with one attached hydrogen (secondary N) is 1. The van der Waals surface area contributed by atoms with E-state index in [0.29, 0.717) is 13.1 Å². The van der Waals surface area contributed by atoms with Gasteiger partial charge in [-0.3, -0.25) is 0 Å². The van der Waals surface area contributed by atoms with Crippen LogP contribution in [0.5, 0.6) is 0 Å². The molecule has 0 aromatic carbocycles. The zero-order valence-electron chi connectivity index (χ0n) is 11.1. The molecule has 2 aromatic heterocycles. The lowest BCUT2D eigenvalue weighted by Gasteiger charge is -2.27. The van der Waals surface area contributed by atoms with E-state index in [0.717, 1.165) is 12.0 Å². The van der Waals surface area contributed by atoms with Crippen molar-refractivity contribution >= 4 is 29.0 Å². The second-order valence-electron chi connectivity index (χ2n) is 4.68. The standard InChI is InChI=1S/C14H13N3O3S/c18-13(19)12-10(2-1-5-15-12)16-14(20)17-6-3-11-9(8-17)4-7-21-11/h1-2,4-5,7H,3,6,8H2,(H,16,20)(H,18,19). The van der Waals surface area contributed by atoms with Gasteiger partial charge in [-0.05, 0) is 35.6 Å². The van der Waals surface area contributed by atoms with Crippen LogP contribution < -0.4 is 5.32 Å². The van der Waals surface area contributed by atoms with Crippen molar-refractivity contribution in [2.45, 2.75) is 13.0 Å². The number of carboxylic acid groups (broad SMARTS) is 1. The number of hydrogen-bond donors (Lipinski definition) is 2. The first kappa shape index (κ1) is 13.6. The molecule has 7 heteroatoms. The summed E-state index contributed by atoms with van der Waals surface area (Å²) in [5.74, 6) is -1.16. The summed E-state index contributed by atoms with van der Waals surface area (Å²) in [6, 6.07) is 4.85. The van der Waals surface area contributed by atoms with E-state index in [4.69, 9.17) is 5.11 Å². The van der Waals surface area contributed by atoms with Crippen LogP contribution in [0.3, 0.4) is 0 Å². The number of rotatable bonds is 2. The third-order valence-corrected chi connectivity index (χ3v) is 4.37. The summed E-state index contributed by atoms with van der Waals surface area (Å²) in [6.45, 7) is 1.18. The molecule has 3 heterocycles. The summed E-state index contributed by atoms with van der Waals surface area (Å²) in [7, 11) is 0. The number of carbonyl (C=O) groups is 2. The van der Waals surface area contributed by atoms with Gasteiger partial charge in [0.05, 0.1) is 5.69 Å². The molecule has 108 valence electrons. The van der Waals surface area contributed by atoms with Gasteiger partial charge in [0.25, 0.3) is 0 Å². The number of urea groups is 1. The fourth-order valence-corrected chi connectivity index (χ4v) is 3.18. The highest BCUT2D eigenvalue weighted by Crippen LogP contribution is 2.24. The molecule has 21 heavy (non-hydrogen) atoms. The molecule has 0 atom stereocenters. The molecule has 3 rings (SSSR count). The number of anilines is 1. The molecule has 6 nitrogen and oxygen atoms in total. The van der Waals surface area contributed by atoms with E-state index in [2.05, 4.69) is 10.3 Å². The quantitative estimate of drug-likeness (QED) is 0.892. The minimum Gasteiger partial charge on any atom is -0.476 e. The summed E-state index contributed by atoms with van der Waals surface area (Å²) < 4.78 is 0. The molecule has 0 saturated heterocycles. The minimum atomic E-state index is -1.16. The van der Waals surface area contributed by atoms with E-state index in [-0.39, 0.29) is 17.4 Å². The van der Waals surface area contributed by atoms with Crippen LogP contribution in [0.15, 0.2) is 29.8 Å². The lowest BCUT2D eigenvalue weighted by Crippen LogP contribution is -2.38. The van der Waals surface area contributed by atoms with Gasteiger partial charge in [-0.25, -0.2) is 14.6 Å². The summed E-state index contributed by atoms with van der Waals surface area (Å²) in [4.78, 5) is 30.1. The van der Waals surface area contributed by atoms with Gasteiger partial charge in [0.1, 0.15) is 0 Å². The molecule has 0 spiro atoms. The van der Waals surface area contributed by atoms with Crippen molar-refractivity contribution in [3.05, 3.63) is 45.9 Å². The molecule has 0 aliphatic carbocycles. The zero-order valence-corrected chi connectivity index (χ0v) is 11.9. The Labute approximate surface area is 125 Å². The lowest BCUT2D eigenvalue weighted by molar-refractivity contribution is 0.0691. The summed E-state index contributed by atoms with van der Waals surface area (Å²) in [6.07, 6.45) is 2.22. The number of aromatic nitrogens is 1. The van der Waals surface area contributed by atoms with Gasteiger partial charge in [0, 0.05) is 24.2 Å². The first-order valence-corrected chi connectivity index (χ1v) is 7.32. The molecule has 0 unspecified atom stereocenters. The first-order valence-electron chi connectivity index (χ1n) is 6.44. The van der Waals surface area contributed by atoms with Crippen LogP contribution in [0.2, 0.25) is 0 Å². The number of thiophene rings is 1. The number of amides is 2. The van der Waals surface area contributed by atoms with Crippen LogP contribution in [0.25, 0.3) is 0 Å². The van der Waals surface area contributed by atoms with Gasteiger partial charge in [-0.15, -0.1) is 11.3 Å². The van der Waals surface area contributed by atoms with E-state index in [1.807, 2.05) is 11.4 Å². The maximum Gasteiger partial charge on any atom is 0.356 e. The average Bonchev–Trinajstić information content (AvgIpc) is 2.94. The van der Waals surface area contributed by atoms with E-state index in [1.165, 1.54) is 17.1 Å². The molecule has 1 aliphatic rings. The van der Waals surface area contributed by atoms with E-state index < -0.39 is 5.97 Å². The number of pyridine rings is 1. The summed E-state index contributed by atoms with van der Waals surface area (Å²) in [5, 5.41) is 13.7. The number of aromatic carboxylic acids is 1. The van der Waals surface area contributed by atoms with Crippen LogP contribution in [0, 0.1) is 0 Å². The summed E-state index contributed by atoms with van der Waals surface area (Å²) in [5.41, 5.74) is 1.22. The third kappa shape index (κ3) is 2.73. The molecule has 1 aliphatic heterocycles. The highest BCUT2D eigenvalue weighted by Gasteiger charge is 2.22. The fourth-order valence-electron chi connectivity index (χ4n) is 2.29.